The second-order valence-corrected chi connectivity index (χ2v) is 10.7. The molecule has 5 nitrogen and oxygen atoms in total. The molecule has 0 aromatic heterocycles. The van der Waals surface area contributed by atoms with Crippen LogP contribution in [0.25, 0.3) is 11.1 Å². The second-order valence-electron chi connectivity index (χ2n) is 8.55. The zero-order chi connectivity index (χ0) is 23.3. The first-order valence-corrected chi connectivity index (χ1v) is 13.0. The van der Waals surface area contributed by atoms with Crippen molar-refractivity contribution in [1.82, 2.24) is 9.80 Å². The molecule has 0 atom stereocenters. The van der Waals surface area contributed by atoms with Gasteiger partial charge in [-0.15, -0.1) is 0 Å². The van der Waals surface area contributed by atoms with E-state index in [1.165, 1.54) is 22.3 Å². The van der Waals surface area contributed by atoms with E-state index >= 15 is 0 Å². The number of aryl methyl sites for hydroxylation is 1. The molecule has 1 aliphatic heterocycles. The lowest BCUT2D eigenvalue weighted by molar-refractivity contribution is -0.130. The van der Waals surface area contributed by atoms with Crippen LogP contribution in [0.3, 0.4) is 0 Å². The highest BCUT2D eigenvalue weighted by molar-refractivity contribution is 7.91. The molecule has 0 radical (unpaired) electrons. The molecule has 33 heavy (non-hydrogen) atoms. The van der Waals surface area contributed by atoms with Gasteiger partial charge in [0.1, 0.15) is 0 Å². The smallest absolute Gasteiger partial charge is 0.223 e. The summed E-state index contributed by atoms with van der Waals surface area (Å²) < 4.78 is 25.2. The molecule has 3 aromatic rings. The number of nitrogens with zero attached hydrogens (tertiary/aromatic N) is 2. The van der Waals surface area contributed by atoms with E-state index in [1.807, 2.05) is 6.07 Å². The van der Waals surface area contributed by atoms with E-state index in [2.05, 4.69) is 54.3 Å². The van der Waals surface area contributed by atoms with Crippen LogP contribution in [0.15, 0.2) is 83.8 Å². The average Bonchev–Trinajstić information content (AvgIpc) is 3.00. The monoisotopic (exact) mass is 462 g/mol. The molecule has 1 fully saturated rings. The van der Waals surface area contributed by atoms with Gasteiger partial charge >= 0.3 is 0 Å². The summed E-state index contributed by atoms with van der Waals surface area (Å²) >= 11 is 0. The van der Waals surface area contributed by atoms with Crippen molar-refractivity contribution in [1.29, 1.82) is 0 Å². The Hall–Kier alpha value is -2.96. The topological polar surface area (TPSA) is 57.7 Å². The van der Waals surface area contributed by atoms with Crippen LogP contribution in [0.5, 0.6) is 0 Å². The first-order valence-electron chi connectivity index (χ1n) is 11.4. The summed E-state index contributed by atoms with van der Waals surface area (Å²) in [6, 6.07) is 25.4. The number of rotatable bonds is 7. The van der Waals surface area contributed by atoms with Gasteiger partial charge in [0.15, 0.2) is 9.84 Å². The van der Waals surface area contributed by atoms with Gasteiger partial charge in [-0.3, -0.25) is 9.69 Å². The number of benzene rings is 3. The third-order valence-corrected chi connectivity index (χ3v) is 7.91. The number of hydrogen-bond acceptors (Lipinski definition) is 4. The fourth-order valence-corrected chi connectivity index (χ4v) is 5.54. The Morgan fingerprint density at radius 1 is 0.848 bits per heavy atom. The van der Waals surface area contributed by atoms with E-state index < -0.39 is 9.84 Å². The summed E-state index contributed by atoms with van der Waals surface area (Å²) in [7, 11) is -3.40. The van der Waals surface area contributed by atoms with E-state index in [4.69, 9.17) is 0 Å². The first kappa shape index (κ1) is 23.2. The lowest BCUT2D eigenvalue weighted by atomic mass is 9.99. The molecule has 0 unspecified atom stereocenters. The molecule has 1 aliphatic rings. The Labute approximate surface area is 196 Å². The molecular weight excluding hydrogens is 432 g/mol. The van der Waals surface area contributed by atoms with Crippen LogP contribution in [-0.2, 0) is 21.2 Å². The van der Waals surface area contributed by atoms with Crippen molar-refractivity contribution in [2.75, 3.05) is 31.9 Å². The van der Waals surface area contributed by atoms with Crippen molar-refractivity contribution in [3.63, 3.8) is 0 Å². The first-order chi connectivity index (χ1) is 15.9. The molecule has 3 aromatic carbocycles. The fraction of sp³-hybridized carbons (Fsp3) is 0.296. The summed E-state index contributed by atoms with van der Waals surface area (Å²) in [5.74, 6) is -0.0317. The number of hydrogen-bond donors (Lipinski definition) is 0. The SMILES string of the molecule is Cc1ccccc1-c1cccc(CN2CCC(=O)N(CCS(=O)(=O)c3ccccc3)CC2)c1. The third kappa shape index (κ3) is 5.89. The highest BCUT2D eigenvalue weighted by Crippen LogP contribution is 2.24. The average molecular weight is 463 g/mol. The van der Waals surface area contributed by atoms with E-state index in [1.54, 1.807) is 35.2 Å². The molecule has 0 N–H and O–H groups in total. The summed E-state index contributed by atoms with van der Waals surface area (Å²) in [6.45, 7) is 5.06. The molecule has 1 amide bonds. The molecule has 6 heteroatoms. The lowest BCUT2D eigenvalue weighted by Gasteiger charge is -2.22. The standard InChI is InChI=1S/C27H30N2O3S/c1-22-8-5-6-13-26(22)24-10-7-9-23(20-24)21-28-15-14-27(30)29(17-16-28)18-19-33(31,32)25-11-3-2-4-12-25/h2-13,20H,14-19,21H2,1H3. The van der Waals surface area contributed by atoms with Gasteiger partial charge in [-0.25, -0.2) is 8.42 Å². The summed E-state index contributed by atoms with van der Waals surface area (Å²) in [5.41, 5.74) is 4.89. The van der Waals surface area contributed by atoms with Crippen molar-refractivity contribution in [3.05, 3.63) is 90.0 Å². The highest BCUT2D eigenvalue weighted by atomic mass is 32.2. The normalized spacial score (nSPS) is 15.4. The van der Waals surface area contributed by atoms with Crippen LogP contribution in [0.4, 0.5) is 0 Å². The minimum atomic E-state index is -3.40. The minimum Gasteiger partial charge on any atom is -0.340 e. The maximum absolute atomic E-state index is 12.6. The zero-order valence-electron chi connectivity index (χ0n) is 19.0. The number of sulfone groups is 1. The van der Waals surface area contributed by atoms with Gasteiger partial charge < -0.3 is 4.90 Å². The van der Waals surface area contributed by atoms with Gasteiger partial charge in [-0.2, -0.15) is 0 Å². The van der Waals surface area contributed by atoms with Gasteiger partial charge in [-0.1, -0.05) is 60.7 Å². The molecular formula is C27H30N2O3S. The molecule has 0 spiro atoms. The summed E-state index contributed by atoms with van der Waals surface area (Å²) in [5, 5.41) is 0. The van der Waals surface area contributed by atoms with E-state index in [0.29, 0.717) is 24.4 Å². The lowest BCUT2D eigenvalue weighted by Crippen LogP contribution is -2.36. The molecule has 1 heterocycles. The van der Waals surface area contributed by atoms with Gasteiger partial charge in [-0.05, 0) is 47.4 Å². The zero-order valence-corrected chi connectivity index (χ0v) is 19.8. The second kappa shape index (κ2) is 10.3. The Balaban J connectivity index is 1.37. The molecule has 1 saturated heterocycles. The molecule has 172 valence electrons. The summed E-state index contributed by atoms with van der Waals surface area (Å²) in [4.78, 5) is 16.9. The Bertz CT molecular complexity index is 1210. The van der Waals surface area contributed by atoms with Gasteiger partial charge in [0.05, 0.1) is 10.6 Å². The van der Waals surface area contributed by atoms with Crippen LogP contribution in [-0.4, -0.2) is 56.1 Å². The number of carbonyl (C=O) groups is 1. The Kier molecular flexibility index (Phi) is 7.26. The van der Waals surface area contributed by atoms with E-state index in [9.17, 15) is 13.2 Å². The molecule has 0 bridgehead atoms. The minimum absolute atomic E-state index is 0.0226. The van der Waals surface area contributed by atoms with Crippen LogP contribution in [0.2, 0.25) is 0 Å². The predicted octanol–water partition coefficient (Wildman–Crippen LogP) is 4.17. The molecule has 0 aliphatic carbocycles. The number of carbonyl (C=O) groups excluding carboxylic acids is 1. The third-order valence-electron chi connectivity index (χ3n) is 6.20. The van der Waals surface area contributed by atoms with Gasteiger partial charge in [0.2, 0.25) is 5.91 Å². The highest BCUT2D eigenvalue weighted by Gasteiger charge is 2.23. The number of amides is 1. The van der Waals surface area contributed by atoms with Gasteiger partial charge in [0.25, 0.3) is 0 Å². The maximum atomic E-state index is 12.6. The Morgan fingerprint density at radius 2 is 1.61 bits per heavy atom. The molecule has 4 rings (SSSR count). The Morgan fingerprint density at radius 3 is 2.39 bits per heavy atom. The van der Waals surface area contributed by atoms with Crippen LogP contribution < -0.4 is 0 Å². The van der Waals surface area contributed by atoms with E-state index in [0.717, 1.165) is 13.1 Å². The van der Waals surface area contributed by atoms with Crippen molar-refractivity contribution < 1.29 is 13.2 Å². The molecule has 0 saturated carbocycles. The van der Waals surface area contributed by atoms with Crippen molar-refractivity contribution in [2.45, 2.75) is 24.8 Å². The summed E-state index contributed by atoms with van der Waals surface area (Å²) in [6.07, 6.45) is 0.406. The van der Waals surface area contributed by atoms with Crippen molar-refractivity contribution in [2.24, 2.45) is 0 Å². The predicted molar refractivity (Wildman–Crippen MR) is 132 cm³/mol. The fourth-order valence-electron chi connectivity index (χ4n) is 4.27. The maximum Gasteiger partial charge on any atom is 0.223 e. The van der Waals surface area contributed by atoms with Crippen LogP contribution in [0.1, 0.15) is 17.5 Å². The van der Waals surface area contributed by atoms with Crippen molar-refractivity contribution in [3.8, 4) is 11.1 Å². The van der Waals surface area contributed by atoms with E-state index in [-0.39, 0.29) is 18.2 Å². The van der Waals surface area contributed by atoms with Crippen LogP contribution in [0, 0.1) is 6.92 Å². The van der Waals surface area contributed by atoms with Gasteiger partial charge in [0, 0.05) is 39.1 Å². The van der Waals surface area contributed by atoms with Crippen LogP contribution >= 0.6 is 0 Å². The van der Waals surface area contributed by atoms with Crippen molar-refractivity contribution >= 4 is 15.7 Å². The largest absolute Gasteiger partial charge is 0.340 e. The quantitative estimate of drug-likeness (QED) is 0.529.